The van der Waals surface area contributed by atoms with Crippen LogP contribution in [0, 0.1) is 11.8 Å². The second-order valence-corrected chi connectivity index (χ2v) is 7.77. The monoisotopic (exact) mass is 272 g/mol. The molecule has 0 radical (unpaired) electrons. The quantitative estimate of drug-likeness (QED) is 0.694. The number of fused-ring (bicyclic) bond motifs is 2. The zero-order valence-electron chi connectivity index (χ0n) is 12.7. The molecule has 3 aliphatic carbocycles. The van der Waals surface area contributed by atoms with Crippen molar-refractivity contribution in [3.05, 3.63) is 23.2 Å². The average Bonchev–Trinajstić information content (AvgIpc) is 2.91. The summed E-state index contributed by atoms with van der Waals surface area (Å²) in [5.74, 6) is 4.04. The van der Waals surface area contributed by atoms with E-state index < -0.39 is 0 Å². The third kappa shape index (κ3) is 1.48. The van der Waals surface area contributed by atoms with E-state index in [9.17, 15) is 4.79 Å². The van der Waals surface area contributed by atoms with Crippen molar-refractivity contribution in [2.45, 2.75) is 70.1 Å². The van der Waals surface area contributed by atoms with Crippen LogP contribution in [0.15, 0.2) is 10.7 Å². The van der Waals surface area contributed by atoms with E-state index >= 15 is 0 Å². The molecule has 0 amide bonds. The van der Waals surface area contributed by atoms with Crippen LogP contribution in [0.2, 0.25) is 0 Å². The molecular formula is C18H24O2. The summed E-state index contributed by atoms with van der Waals surface area (Å²) in [7, 11) is 0. The largest absolute Gasteiger partial charge is 0.468 e. The third-order valence-corrected chi connectivity index (χ3v) is 6.47. The Morgan fingerprint density at radius 1 is 1.30 bits per heavy atom. The minimum Gasteiger partial charge on any atom is -0.468 e. The van der Waals surface area contributed by atoms with Crippen LogP contribution >= 0.6 is 0 Å². The van der Waals surface area contributed by atoms with Crippen molar-refractivity contribution >= 4 is 5.78 Å². The average molecular weight is 272 g/mol. The highest BCUT2D eigenvalue weighted by Crippen LogP contribution is 2.57. The van der Waals surface area contributed by atoms with Gasteiger partial charge in [0.05, 0.1) is 6.26 Å². The van der Waals surface area contributed by atoms with Gasteiger partial charge in [-0.05, 0) is 48.5 Å². The Labute approximate surface area is 120 Å². The lowest BCUT2D eigenvalue weighted by atomic mass is 9.72. The fourth-order valence-corrected chi connectivity index (χ4v) is 5.23. The Morgan fingerprint density at radius 3 is 2.90 bits per heavy atom. The van der Waals surface area contributed by atoms with Crippen LogP contribution < -0.4 is 0 Å². The lowest BCUT2D eigenvalue weighted by molar-refractivity contribution is -0.117. The van der Waals surface area contributed by atoms with Gasteiger partial charge in [0.1, 0.15) is 11.5 Å². The number of hydrogen-bond acceptors (Lipinski definition) is 2. The topological polar surface area (TPSA) is 30.2 Å². The molecule has 0 unspecified atom stereocenters. The van der Waals surface area contributed by atoms with Crippen molar-refractivity contribution < 1.29 is 9.21 Å². The summed E-state index contributed by atoms with van der Waals surface area (Å²) in [6, 6.07) is 0. The van der Waals surface area contributed by atoms with Crippen LogP contribution in [0.5, 0.6) is 0 Å². The van der Waals surface area contributed by atoms with Gasteiger partial charge < -0.3 is 4.42 Å². The summed E-state index contributed by atoms with van der Waals surface area (Å²) in [6.07, 6.45) is 7.21. The fraction of sp³-hybridized carbons (Fsp3) is 0.722. The maximum atomic E-state index is 12.0. The first-order valence-electron chi connectivity index (χ1n) is 8.14. The maximum absolute atomic E-state index is 12.0. The number of carbonyl (C=O) groups is 1. The van der Waals surface area contributed by atoms with Gasteiger partial charge in [-0.25, -0.2) is 0 Å². The molecule has 0 N–H and O–H groups in total. The molecule has 0 bridgehead atoms. The van der Waals surface area contributed by atoms with Gasteiger partial charge in [-0.2, -0.15) is 0 Å². The predicted octanol–water partition coefficient (Wildman–Crippen LogP) is 4.54. The molecule has 0 aliphatic heterocycles. The van der Waals surface area contributed by atoms with Gasteiger partial charge in [-0.1, -0.05) is 20.8 Å². The second-order valence-electron chi connectivity index (χ2n) is 7.77. The van der Waals surface area contributed by atoms with Crippen LogP contribution in [-0.4, -0.2) is 5.78 Å². The van der Waals surface area contributed by atoms with Gasteiger partial charge in [0.2, 0.25) is 0 Å². The van der Waals surface area contributed by atoms with Gasteiger partial charge in [-0.3, -0.25) is 4.79 Å². The van der Waals surface area contributed by atoms with E-state index in [2.05, 4.69) is 20.8 Å². The smallest absolute Gasteiger partial charge is 0.134 e. The second kappa shape index (κ2) is 3.99. The molecule has 4 rings (SSSR count). The summed E-state index contributed by atoms with van der Waals surface area (Å²) in [5, 5.41) is 0. The van der Waals surface area contributed by atoms with Crippen molar-refractivity contribution in [1.29, 1.82) is 0 Å². The van der Waals surface area contributed by atoms with Crippen molar-refractivity contribution in [3.63, 3.8) is 0 Å². The summed E-state index contributed by atoms with van der Waals surface area (Å²) in [4.78, 5) is 12.0. The van der Waals surface area contributed by atoms with Crippen molar-refractivity contribution in [2.24, 2.45) is 11.8 Å². The molecule has 108 valence electrons. The van der Waals surface area contributed by atoms with Gasteiger partial charge >= 0.3 is 0 Å². The molecule has 1 aromatic heterocycles. The number of furan rings is 1. The standard InChI is InChI=1S/C18H24O2/c1-10-4-5-14-11(2)6-12-7-13(19)8-18(12,3)17-16(14)15(10)9-20-17/h9-12,14H,4-8H2,1-3H3/t10-,11-,12+,14+,18-/m0/s1. The molecule has 1 saturated carbocycles. The first kappa shape index (κ1) is 12.7. The Kier molecular flexibility index (Phi) is 2.53. The van der Waals surface area contributed by atoms with Crippen LogP contribution in [0.1, 0.15) is 81.6 Å². The SMILES string of the molecule is C[C@H]1CC[C@H]2c3c1coc3[C@@]1(C)CC(=O)C[C@H]1C[C@@H]2C. The summed E-state index contributed by atoms with van der Waals surface area (Å²) in [6.45, 7) is 6.97. The molecule has 1 fully saturated rings. The van der Waals surface area contributed by atoms with E-state index in [-0.39, 0.29) is 5.41 Å². The maximum Gasteiger partial charge on any atom is 0.134 e. The zero-order chi connectivity index (χ0) is 14.1. The van der Waals surface area contributed by atoms with Gasteiger partial charge in [0.25, 0.3) is 0 Å². The Hall–Kier alpha value is -1.05. The first-order chi connectivity index (χ1) is 9.50. The predicted molar refractivity (Wildman–Crippen MR) is 78.0 cm³/mol. The minimum absolute atomic E-state index is 0.0370. The molecule has 5 atom stereocenters. The number of Topliss-reactive ketones (excluding diaryl/α,β-unsaturated/α-hetero) is 1. The molecule has 0 spiro atoms. The van der Waals surface area contributed by atoms with Crippen LogP contribution in [-0.2, 0) is 10.2 Å². The van der Waals surface area contributed by atoms with Crippen LogP contribution in [0.25, 0.3) is 0 Å². The minimum atomic E-state index is -0.0370. The molecule has 20 heavy (non-hydrogen) atoms. The number of hydrogen-bond donors (Lipinski definition) is 0. The Balaban J connectivity index is 1.93. The number of rotatable bonds is 0. The van der Waals surface area contributed by atoms with E-state index in [1.807, 2.05) is 6.26 Å². The molecule has 2 nitrogen and oxygen atoms in total. The fourth-order valence-electron chi connectivity index (χ4n) is 5.23. The van der Waals surface area contributed by atoms with E-state index in [0.717, 1.165) is 6.42 Å². The lowest BCUT2D eigenvalue weighted by Gasteiger charge is -2.30. The van der Waals surface area contributed by atoms with Crippen molar-refractivity contribution in [2.75, 3.05) is 0 Å². The molecule has 1 aromatic rings. The first-order valence-corrected chi connectivity index (χ1v) is 8.14. The van der Waals surface area contributed by atoms with Crippen LogP contribution in [0.3, 0.4) is 0 Å². The normalized spacial score (nSPS) is 43.0. The van der Waals surface area contributed by atoms with E-state index in [1.54, 1.807) is 0 Å². The molecule has 3 aliphatic rings. The third-order valence-electron chi connectivity index (χ3n) is 6.47. The molecule has 1 heterocycles. The Bertz CT molecular complexity index is 570. The van der Waals surface area contributed by atoms with Gasteiger partial charge in [-0.15, -0.1) is 0 Å². The highest BCUT2D eigenvalue weighted by molar-refractivity contribution is 5.83. The highest BCUT2D eigenvalue weighted by Gasteiger charge is 2.52. The number of carbonyl (C=O) groups excluding carboxylic acids is 1. The van der Waals surface area contributed by atoms with Crippen molar-refractivity contribution in [3.8, 4) is 0 Å². The Morgan fingerprint density at radius 2 is 2.10 bits per heavy atom. The van der Waals surface area contributed by atoms with Gasteiger partial charge in [0, 0.05) is 23.8 Å². The summed E-state index contributed by atoms with van der Waals surface area (Å²) in [5.41, 5.74) is 2.89. The van der Waals surface area contributed by atoms with E-state index in [0.29, 0.717) is 35.9 Å². The lowest BCUT2D eigenvalue weighted by Crippen LogP contribution is -2.26. The number of ketones is 1. The summed E-state index contributed by atoms with van der Waals surface area (Å²) >= 11 is 0. The molecular weight excluding hydrogens is 248 g/mol. The van der Waals surface area contributed by atoms with E-state index in [1.165, 1.54) is 36.1 Å². The van der Waals surface area contributed by atoms with Gasteiger partial charge in [0.15, 0.2) is 0 Å². The summed E-state index contributed by atoms with van der Waals surface area (Å²) < 4.78 is 6.10. The van der Waals surface area contributed by atoms with Crippen LogP contribution in [0.4, 0.5) is 0 Å². The van der Waals surface area contributed by atoms with Crippen molar-refractivity contribution in [1.82, 2.24) is 0 Å². The molecule has 2 heteroatoms. The van der Waals surface area contributed by atoms with E-state index in [4.69, 9.17) is 4.42 Å². The highest BCUT2D eigenvalue weighted by atomic mass is 16.3. The molecule has 0 aromatic carbocycles. The molecule has 0 saturated heterocycles. The zero-order valence-corrected chi connectivity index (χ0v) is 12.7.